The number of nitrogens with two attached hydrogens (primary N) is 1. The molecule has 1 amide bonds. The Morgan fingerprint density at radius 2 is 2.14 bits per heavy atom. The van der Waals surface area contributed by atoms with Crippen molar-refractivity contribution in [2.24, 2.45) is 11.7 Å². The molecule has 82 valence electrons. The molecule has 1 unspecified atom stereocenters. The van der Waals surface area contributed by atoms with Crippen LogP contribution in [-0.4, -0.2) is 43.5 Å². The Hall–Kier alpha value is -0.610. The number of hydrogen-bond acceptors (Lipinski definition) is 3. The molecule has 0 spiro atoms. The fourth-order valence-electron chi connectivity index (χ4n) is 2.07. The summed E-state index contributed by atoms with van der Waals surface area (Å²) in [6, 6.07) is 0.575. The molecule has 0 radical (unpaired) electrons. The SMILES string of the molecule is CNC(C)C1CCN(CC(N)=O)CC1. The van der Waals surface area contributed by atoms with E-state index < -0.39 is 0 Å². The zero-order valence-corrected chi connectivity index (χ0v) is 9.12. The van der Waals surface area contributed by atoms with Crippen LogP contribution in [0.4, 0.5) is 0 Å². The highest BCUT2D eigenvalue weighted by atomic mass is 16.1. The van der Waals surface area contributed by atoms with E-state index in [0.717, 1.165) is 31.8 Å². The maximum atomic E-state index is 10.7. The summed E-state index contributed by atoms with van der Waals surface area (Å²) in [5.41, 5.74) is 5.15. The molecular weight excluding hydrogens is 178 g/mol. The third kappa shape index (κ3) is 3.27. The number of hydrogen-bond donors (Lipinski definition) is 2. The number of nitrogens with one attached hydrogen (secondary N) is 1. The molecule has 0 aromatic carbocycles. The van der Waals surface area contributed by atoms with Gasteiger partial charge in [-0.05, 0) is 45.8 Å². The molecule has 0 aliphatic carbocycles. The molecule has 4 nitrogen and oxygen atoms in total. The topological polar surface area (TPSA) is 58.4 Å². The first-order valence-corrected chi connectivity index (χ1v) is 5.31. The molecule has 0 saturated carbocycles. The predicted octanol–water partition coefficient (Wildman–Crippen LogP) is -0.208. The van der Waals surface area contributed by atoms with Crippen molar-refractivity contribution < 1.29 is 4.79 Å². The van der Waals surface area contributed by atoms with Crippen LogP contribution in [-0.2, 0) is 4.79 Å². The van der Waals surface area contributed by atoms with Gasteiger partial charge in [-0.3, -0.25) is 9.69 Å². The van der Waals surface area contributed by atoms with Crippen molar-refractivity contribution in [3.8, 4) is 0 Å². The van der Waals surface area contributed by atoms with Crippen molar-refractivity contribution in [1.82, 2.24) is 10.2 Å². The number of carbonyl (C=O) groups excluding carboxylic acids is 1. The Kier molecular flexibility index (Phi) is 4.35. The van der Waals surface area contributed by atoms with Gasteiger partial charge in [0.2, 0.25) is 5.91 Å². The van der Waals surface area contributed by atoms with Gasteiger partial charge in [0, 0.05) is 6.04 Å². The van der Waals surface area contributed by atoms with Gasteiger partial charge in [0.25, 0.3) is 0 Å². The van der Waals surface area contributed by atoms with E-state index in [9.17, 15) is 4.79 Å². The van der Waals surface area contributed by atoms with E-state index in [1.54, 1.807) is 0 Å². The molecule has 1 aliphatic rings. The lowest BCUT2D eigenvalue weighted by atomic mass is 9.90. The molecule has 0 bridgehead atoms. The zero-order chi connectivity index (χ0) is 10.6. The van der Waals surface area contributed by atoms with Crippen molar-refractivity contribution in [1.29, 1.82) is 0 Å². The molecule has 1 heterocycles. The van der Waals surface area contributed by atoms with Crippen LogP contribution >= 0.6 is 0 Å². The molecule has 1 fully saturated rings. The van der Waals surface area contributed by atoms with Crippen molar-refractivity contribution in [3.63, 3.8) is 0 Å². The average molecular weight is 199 g/mol. The van der Waals surface area contributed by atoms with E-state index in [1.165, 1.54) is 0 Å². The first kappa shape index (κ1) is 11.5. The maximum Gasteiger partial charge on any atom is 0.231 e. The number of nitrogens with zero attached hydrogens (tertiary/aromatic N) is 1. The smallest absolute Gasteiger partial charge is 0.231 e. The molecule has 1 aliphatic heterocycles. The highest BCUT2D eigenvalue weighted by molar-refractivity contribution is 5.75. The van der Waals surface area contributed by atoms with E-state index in [1.807, 2.05) is 7.05 Å². The van der Waals surface area contributed by atoms with Crippen molar-refractivity contribution >= 4 is 5.91 Å². The van der Waals surface area contributed by atoms with E-state index in [-0.39, 0.29) is 5.91 Å². The lowest BCUT2D eigenvalue weighted by molar-refractivity contribution is -0.119. The van der Waals surface area contributed by atoms with Crippen molar-refractivity contribution in [2.45, 2.75) is 25.8 Å². The monoisotopic (exact) mass is 199 g/mol. The second-order valence-corrected chi connectivity index (χ2v) is 4.16. The Morgan fingerprint density at radius 3 is 2.57 bits per heavy atom. The second-order valence-electron chi connectivity index (χ2n) is 4.16. The Bertz CT molecular complexity index is 188. The van der Waals surface area contributed by atoms with E-state index >= 15 is 0 Å². The van der Waals surface area contributed by atoms with Crippen molar-refractivity contribution in [3.05, 3.63) is 0 Å². The molecule has 1 saturated heterocycles. The van der Waals surface area contributed by atoms with Crippen molar-refractivity contribution in [2.75, 3.05) is 26.7 Å². The lowest BCUT2D eigenvalue weighted by Crippen LogP contribution is -2.43. The zero-order valence-electron chi connectivity index (χ0n) is 9.12. The normalized spacial score (nSPS) is 22.1. The minimum atomic E-state index is -0.217. The van der Waals surface area contributed by atoms with Crippen LogP contribution < -0.4 is 11.1 Å². The summed E-state index contributed by atoms with van der Waals surface area (Å²) in [7, 11) is 2.00. The summed E-state index contributed by atoms with van der Waals surface area (Å²) in [5, 5.41) is 3.28. The Balaban J connectivity index is 2.27. The van der Waals surface area contributed by atoms with Crippen LogP contribution in [0.1, 0.15) is 19.8 Å². The summed E-state index contributed by atoms with van der Waals surface area (Å²) in [6.45, 7) is 4.63. The summed E-state index contributed by atoms with van der Waals surface area (Å²) in [6.07, 6.45) is 2.32. The number of primary amides is 1. The Labute approximate surface area is 85.8 Å². The summed E-state index contributed by atoms with van der Waals surface area (Å²) in [5.74, 6) is 0.522. The van der Waals surface area contributed by atoms with Gasteiger partial charge < -0.3 is 11.1 Å². The van der Waals surface area contributed by atoms with Crippen LogP contribution in [0.25, 0.3) is 0 Å². The van der Waals surface area contributed by atoms with Gasteiger partial charge in [0.15, 0.2) is 0 Å². The number of likely N-dealkylation sites (tertiary alicyclic amines) is 1. The summed E-state index contributed by atoms with van der Waals surface area (Å²) < 4.78 is 0. The van der Waals surface area contributed by atoms with Gasteiger partial charge in [-0.2, -0.15) is 0 Å². The first-order valence-electron chi connectivity index (χ1n) is 5.31. The number of amides is 1. The minimum absolute atomic E-state index is 0.217. The third-order valence-corrected chi connectivity index (χ3v) is 3.17. The average Bonchev–Trinajstić information content (AvgIpc) is 2.17. The summed E-state index contributed by atoms with van der Waals surface area (Å²) >= 11 is 0. The van der Waals surface area contributed by atoms with E-state index in [4.69, 9.17) is 5.73 Å². The maximum absolute atomic E-state index is 10.7. The second kappa shape index (κ2) is 5.32. The largest absolute Gasteiger partial charge is 0.369 e. The molecule has 3 N–H and O–H groups in total. The van der Waals surface area contributed by atoms with Crippen LogP contribution in [0, 0.1) is 5.92 Å². The Morgan fingerprint density at radius 1 is 1.57 bits per heavy atom. The quantitative estimate of drug-likeness (QED) is 0.659. The standard InChI is InChI=1S/C10H21N3O/c1-8(12-2)9-3-5-13(6-4-9)7-10(11)14/h8-9,12H,3-7H2,1-2H3,(H2,11,14). The van der Waals surface area contributed by atoms with Gasteiger partial charge in [0.05, 0.1) is 6.54 Å². The fourth-order valence-corrected chi connectivity index (χ4v) is 2.07. The van der Waals surface area contributed by atoms with Gasteiger partial charge in [-0.1, -0.05) is 0 Å². The van der Waals surface area contributed by atoms with Crippen LogP contribution in [0.2, 0.25) is 0 Å². The van der Waals surface area contributed by atoms with Gasteiger partial charge in [-0.25, -0.2) is 0 Å². The van der Waals surface area contributed by atoms with E-state index in [0.29, 0.717) is 12.6 Å². The predicted molar refractivity (Wildman–Crippen MR) is 56.9 cm³/mol. The van der Waals surface area contributed by atoms with Gasteiger partial charge >= 0.3 is 0 Å². The minimum Gasteiger partial charge on any atom is -0.369 e. The number of carbonyl (C=O) groups is 1. The molecule has 1 rings (SSSR count). The molecular formula is C10H21N3O. The van der Waals surface area contributed by atoms with Crippen LogP contribution in [0.3, 0.4) is 0 Å². The van der Waals surface area contributed by atoms with Crippen LogP contribution in [0.15, 0.2) is 0 Å². The van der Waals surface area contributed by atoms with Crippen LogP contribution in [0.5, 0.6) is 0 Å². The molecule has 0 aromatic rings. The molecule has 0 aromatic heterocycles. The highest BCUT2D eigenvalue weighted by Crippen LogP contribution is 2.19. The highest BCUT2D eigenvalue weighted by Gasteiger charge is 2.23. The third-order valence-electron chi connectivity index (χ3n) is 3.17. The van der Waals surface area contributed by atoms with E-state index in [2.05, 4.69) is 17.1 Å². The first-order chi connectivity index (χ1) is 6.63. The number of piperidine rings is 1. The molecule has 1 atom stereocenters. The van der Waals surface area contributed by atoms with Gasteiger partial charge in [-0.15, -0.1) is 0 Å². The number of rotatable bonds is 4. The fraction of sp³-hybridized carbons (Fsp3) is 0.900. The van der Waals surface area contributed by atoms with Gasteiger partial charge in [0.1, 0.15) is 0 Å². The molecule has 4 heteroatoms. The lowest BCUT2D eigenvalue weighted by Gasteiger charge is -2.34. The molecule has 14 heavy (non-hydrogen) atoms. The summed E-state index contributed by atoms with van der Waals surface area (Å²) in [4.78, 5) is 12.8.